The Bertz CT molecular complexity index is 787. The van der Waals surface area contributed by atoms with Crippen molar-refractivity contribution in [1.29, 1.82) is 0 Å². The van der Waals surface area contributed by atoms with Crippen molar-refractivity contribution in [3.05, 3.63) is 46.3 Å². The smallest absolute Gasteiger partial charge is 0.210 e. The Labute approximate surface area is 141 Å². The number of benzene rings is 1. The summed E-state index contributed by atoms with van der Waals surface area (Å²) >= 11 is 9.19. The Morgan fingerprint density at radius 1 is 1.32 bits per heavy atom. The van der Waals surface area contributed by atoms with Crippen LogP contribution in [0.15, 0.2) is 33.1 Å². The van der Waals surface area contributed by atoms with Crippen LogP contribution in [0.2, 0.25) is 5.02 Å². The molecule has 1 aromatic carbocycles. The summed E-state index contributed by atoms with van der Waals surface area (Å²) in [5, 5.41) is 17.0. The number of nitrogens with zero attached hydrogens (tertiary/aromatic N) is 3. The Hall–Kier alpha value is -1.57. The summed E-state index contributed by atoms with van der Waals surface area (Å²) in [6.07, 6.45) is 0. The lowest BCUT2D eigenvalue weighted by Gasteiger charge is -2.06. The Morgan fingerprint density at radius 2 is 2.18 bits per heavy atom. The molecule has 0 atom stereocenters. The normalized spacial score (nSPS) is 10.9. The fourth-order valence-electron chi connectivity index (χ4n) is 1.80. The summed E-state index contributed by atoms with van der Waals surface area (Å²) in [5.41, 5.74) is 2.83. The van der Waals surface area contributed by atoms with Crippen molar-refractivity contribution in [1.82, 2.24) is 15.4 Å². The van der Waals surface area contributed by atoms with Crippen molar-refractivity contribution in [2.24, 2.45) is 0 Å². The van der Waals surface area contributed by atoms with Gasteiger partial charge in [0.2, 0.25) is 5.13 Å². The van der Waals surface area contributed by atoms with Gasteiger partial charge in [-0.15, -0.1) is 10.2 Å². The van der Waals surface area contributed by atoms with Crippen LogP contribution in [-0.4, -0.2) is 15.4 Å². The van der Waals surface area contributed by atoms with E-state index in [0.29, 0.717) is 5.75 Å². The lowest BCUT2D eigenvalue weighted by Crippen LogP contribution is -1.92. The number of hydrogen-bond acceptors (Lipinski definition) is 7. The number of thioether (sulfide) groups is 1. The van der Waals surface area contributed by atoms with Crippen LogP contribution >= 0.6 is 34.7 Å². The first-order chi connectivity index (χ1) is 10.6. The number of rotatable bonds is 5. The number of halogens is 1. The molecule has 5 nitrogen and oxygen atoms in total. The predicted molar refractivity (Wildman–Crippen MR) is 90.2 cm³/mol. The second-order valence-electron chi connectivity index (χ2n) is 4.63. The average Bonchev–Trinajstić information content (AvgIpc) is 3.11. The quantitative estimate of drug-likeness (QED) is 0.663. The second kappa shape index (κ2) is 6.68. The summed E-state index contributed by atoms with van der Waals surface area (Å²) in [4.78, 5) is 0. The fourth-order valence-corrected chi connectivity index (χ4v) is 3.62. The maximum absolute atomic E-state index is 6.11. The molecule has 1 N–H and O–H groups in total. The van der Waals surface area contributed by atoms with Crippen LogP contribution < -0.4 is 5.32 Å². The standard InChI is InChI=1S/C14H13ClN4OS2/c1-8-6-10(19-20-8)7-21-14-18-17-13(22-14)16-12-5-3-4-11(15)9(12)2/h3-6H,7H2,1-2H3,(H,16,17). The molecule has 0 aliphatic rings. The fraction of sp³-hybridized carbons (Fsp3) is 0.214. The van der Waals surface area contributed by atoms with Crippen molar-refractivity contribution in [3.8, 4) is 0 Å². The van der Waals surface area contributed by atoms with Crippen LogP contribution in [-0.2, 0) is 5.75 Å². The van der Waals surface area contributed by atoms with Gasteiger partial charge in [-0.25, -0.2) is 0 Å². The van der Waals surface area contributed by atoms with Crippen molar-refractivity contribution in [2.75, 3.05) is 5.32 Å². The van der Waals surface area contributed by atoms with Crippen LogP contribution in [0, 0.1) is 13.8 Å². The maximum Gasteiger partial charge on any atom is 0.210 e. The van der Waals surface area contributed by atoms with E-state index in [-0.39, 0.29) is 0 Å². The average molecular weight is 353 g/mol. The molecule has 22 heavy (non-hydrogen) atoms. The molecule has 0 spiro atoms. The van der Waals surface area contributed by atoms with Gasteiger partial charge in [-0.1, -0.05) is 45.9 Å². The number of aromatic nitrogens is 3. The van der Waals surface area contributed by atoms with Gasteiger partial charge in [-0.3, -0.25) is 0 Å². The molecular formula is C14H13ClN4OS2. The van der Waals surface area contributed by atoms with Gasteiger partial charge in [0.05, 0.1) is 5.69 Å². The zero-order valence-corrected chi connectivity index (χ0v) is 14.3. The number of hydrogen-bond donors (Lipinski definition) is 1. The van der Waals surface area contributed by atoms with Gasteiger partial charge in [0.1, 0.15) is 5.76 Å². The van der Waals surface area contributed by atoms with Crippen molar-refractivity contribution in [3.63, 3.8) is 0 Å². The summed E-state index contributed by atoms with van der Waals surface area (Å²) in [6.45, 7) is 3.84. The molecule has 3 aromatic rings. The molecule has 8 heteroatoms. The number of anilines is 2. The third-order valence-electron chi connectivity index (χ3n) is 2.94. The van der Waals surface area contributed by atoms with E-state index in [1.165, 1.54) is 11.3 Å². The van der Waals surface area contributed by atoms with E-state index in [0.717, 1.165) is 37.2 Å². The van der Waals surface area contributed by atoms with Crippen molar-refractivity contribution >= 4 is 45.5 Å². The van der Waals surface area contributed by atoms with Gasteiger partial charge < -0.3 is 9.84 Å². The molecule has 0 fully saturated rings. The van der Waals surface area contributed by atoms with Gasteiger partial charge in [0.15, 0.2) is 4.34 Å². The van der Waals surface area contributed by atoms with Gasteiger partial charge >= 0.3 is 0 Å². The number of nitrogens with one attached hydrogen (secondary N) is 1. The largest absolute Gasteiger partial charge is 0.361 e. The van der Waals surface area contributed by atoms with Crippen LogP contribution in [0.3, 0.4) is 0 Å². The summed E-state index contributed by atoms with van der Waals surface area (Å²) in [5.74, 6) is 1.52. The van der Waals surface area contributed by atoms with Gasteiger partial charge in [0.25, 0.3) is 0 Å². The summed E-state index contributed by atoms with van der Waals surface area (Å²) in [6, 6.07) is 7.65. The minimum atomic E-state index is 0.710. The Balaban J connectivity index is 1.65. The Kier molecular flexibility index (Phi) is 4.66. The third-order valence-corrected chi connectivity index (χ3v) is 5.35. The van der Waals surface area contributed by atoms with E-state index < -0.39 is 0 Å². The third kappa shape index (κ3) is 3.60. The first kappa shape index (κ1) is 15.3. The predicted octanol–water partition coefficient (Wildman–Crippen LogP) is 4.83. The van der Waals surface area contributed by atoms with E-state index in [2.05, 4.69) is 20.7 Å². The van der Waals surface area contributed by atoms with Crippen molar-refractivity contribution in [2.45, 2.75) is 23.9 Å². The molecule has 0 unspecified atom stereocenters. The highest BCUT2D eigenvalue weighted by Crippen LogP contribution is 2.31. The molecule has 0 radical (unpaired) electrons. The highest BCUT2D eigenvalue weighted by molar-refractivity contribution is 8.00. The van der Waals surface area contributed by atoms with Gasteiger partial charge in [-0.2, -0.15) is 0 Å². The monoisotopic (exact) mass is 352 g/mol. The van der Waals surface area contributed by atoms with E-state index in [9.17, 15) is 0 Å². The zero-order valence-electron chi connectivity index (χ0n) is 12.0. The molecule has 114 valence electrons. The minimum absolute atomic E-state index is 0.710. The summed E-state index contributed by atoms with van der Waals surface area (Å²) in [7, 11) is 0. The Morgan fingerprint density at radius 3 is 2.95 bits per heavy atom. The van der Waals surface area contributed by atoms with Crippen molar-refractivity contribution < 1.29 is 4.52 Å². The van der Waals surface area contributed by atoms with Gasteiger partial charge in [0, 0.05) is 22.5 Å². The summed E-state index contributed by atoms with van der Waals surface area (Å²) < 4.78 is 5.92. The first-order valence-electron chi connectivity index (χ1n) is 6.52. The molecule has 3 rings (SSSR count). The molecule has 0 amide bonds. The molecule has 2 heterocycles. The molecule has 0 saturated carbocycles. The first-order valence-corrected chi connectivity index (χ1v) is 8.70. The van der Waals surface area contributed by atoms with Gasteiger partial charge in [-0.05, 0) is 31.5 Å². The molecule has 0 aliphatic heterocycles. The zero-order chi connectivity index (χ0) is 15.5. The topological polar surface area (TPSA) is 63.8 Å². The molecule has 0 bridgehead atoms. The van der Waals surface area contributed by atoms with Crippen LogP contribution in [0.1, 0.15) is 17.0 Å². The van der Waals surface area contributed by atoms with E-state index in [1.54, 1.807) is 11.8 Å². The van der Waals surface area contributed by atoms with Crippen LogP contribution in [0.5, 0.6) is 0 Å². The van der Waals surface area contributed by atoms with E-state index >= 15 is 0 Å². The second-order valence-corrected chi connectivity index (χ2v) is 7.24. The van der Waals surface area contributed by atoms with E-state index in [4.69, 9.17) is 16.1 Å². The molecular weight excluding hydrogens is 340 g/mol. The van der Waals surface area contributed by atoms with E-state index in [1.807, 2.05) is 38.1 Å². The molecule has 2 aromatic heterocycles. The highest BCUT2D eigenvalue weighted by Gasteiger charge is 2.09. The van der Waals surface area contributed by atoms with Crippen LogP contribution in [0.4, 0.5) is 10.8 Å². The lowest BCUT2D eigenvalue weighted by molar-refractivity contribution is 0.393. The molecule has 0 saturated heterocycles. The lowest BCUT2D eigenvalue weighted by atomic mass is 10.2. The maximum atomic E-state index is 6.11. The highest BCUT2D eigenvalue weighted by atomic mass is 35.5. The molecule has 0 aliphatic carbocycles. The number of aryl methyl sites for hydroxylation is 1. The SMILES string of the molecule is Cc1cc(CSc2nnc(Nc3cccc(Cl)c3C)s2)no1. The van der Waals surface area contributed by atoms with Crippen LogP contribution in [0.25, 0.3) is 0 Å². The minimum Gasteiger partial charge on any atom is -0.361 e.